The normalized spacial score (nSPS) is 24.0. The number of rotatable bonds is 2. The molecule has 0 bridgehead atoms. The number of ether oxygens (including phenoxy) is 1. The van der Waals surface area contributed by atoms with Crippen LogP contribution in [0.25, 0.3) is 0 Å². The first-order valence-electron chi connectivity index (χ1n) is 11.6. The highest BCUT2D eigenvalue weighted by molar-refractivity contribution is 6.05. The Morgan fingerprint density at radius 2 is 1.74 bits per heavy atom. The second-order valence-corrected chi connectivity index (χ2v) is 9.83. The number of aliphatic imine (C=N–C) groups is 2. The van der Waals surface area contributed by atoms with Crippen LogP contribution in [-0.4, -0.2) is 65.4 Å². The van der Waals surface area contributed by atoms with Crippen molar-refractivity contribution in [2.24, 2.45) is 21.8 Å². The number of amidine groups is 1. The quantitative estimate of drug-likeness (QED) is 0.512. The number of hydrogen-bond acceptors (Lipinski definition) is 5. The molecule has 0 spiro atoms. The summed E-state index contributed by atoms with van der Waals surface area (Å²) in [6.07, 6.45) is -2.09. The third kappa shape index (κ3) is 7.53. The lowest BCUT2D eigenvalue weighted by Gasteiger charge is -2.38. The van der Waals surface area contributed by atoms with Gasteiger partial charge in [0, 0.05) is 44.5 Å². The van der Waals surface area contributed by atoms with Crippen LogP contribution in [0.3, 0.4) is 0 Å². The summed E-state index contributed by atoms with van der Waals surface area (Å²) in [5.41, 5.74) is 0.00323. The lowest BCUT2D eigenvalue weighted by molar-refractivity contribution is -0.162. The molecule has 6 nitrogen and oxygen atoms in total. The molecule has 0 radical (unpaired) electrons. The average molecular weight is 497 g/mol. The van der Waals surface area contributed by atoms with Crippen molar-refractivity contribution >= 4 is 17.6 Å². The van der Waals surface area contributed by atoms with Crippen LogP contribution < -0.4 is 0 Å². The fourth-order valence-corrected chi connectivity index (χ4v) is 4.09. The van der Waals surface area contributed by atoms with Crippen molar-refractivity contribution in [1.29, 1.82) is 0 Å². The molecule has 2 heterocycles. The average Bonchev–Trinajstić information content (AvgIpc) is 2.74. The number of allylic oxidation sites excluding steroid dienone is 1. The van der Waals surface area contributed by atoms with E-state index >= 15 is 0 Å². The number of hydrogen-bond donors (Lipinski definition) is 0. The van der Waals surface area contributed by atoms with Gasteiger partial charge in [0.15, 0.2) is 0 Å². The Hall–Kier alpha value is -2.91. The van der Waals surface area contributed by atoms with Crippen molar-refractivity contribution < 1.29 is 27.1 Å². The van der Waals surface area contributed by atoms with E-state index in [0.29, 0.717) is 37.6 Å². The molecule has 1 saturated heterocycles. The van der Waals surface area contributed by atoms with Crippen molar-refractivity contribution in [1.82, 2.24) is 9.80 Å². The maximum atomic E-state index is 14.1. The van der Waals surface area contributed by atoms with Crippen LogP contribution in [0.5, 0.6) is 0 Å². The summed E-state index contributed by atoms with van der Waals surface area (Å²) in [6, 6.07) is 5.55. The van der Waals surface area contributed by atoms with Gasteiger partial charge in [-0.05, 0) is 44.4 Å². The molecule has 35 heavy (non-hydrogen) atoms. The zero-order chi connectivity index (χ0) is 25.8. The highest BCUT2D eigenvalue weighted by atomic mass is 19.4. The smallest absolute Gasteiger partial charge is 0.410 e. The van der Waals surface area contributed by atoms with Crippen molar-refractivity contribution in [3.63, 3.8) is 0 Å². The van der Waals surface area contributed by atoms with Crippen LogP contribution in [0.4, 0.5) is 22.4 Å². The zero-order valence-electron chi connectivity index (χ0n) is 20.5. The Morgan fingerprint density at radius 1 is 1.11 bits per heavy atom. The standard InChI is InChI=1S/C25H32F4N4O2/c1-17-9-10-30-21(32-11-13-33(14-12-32)23(34)35-24(2,3)4)15-20(22(17)25(27,28)29)31-16-18-5-7-19(26)8-6-18/h5-10,17,22H,11-16H2,1-4H3/b10-9+,30-21?,31-20?. The van der Waals surface area contributed by atoms with Gasteiger partial charge in [-0.15, -0.1) is 0 Å². The first-order valence-corrected chi connectivity index (χ1v) is 11.6. The number of carbonyl (C=O) groups is 1. The molecule has 1 aromatic rings. The number of carbonyl (C=O) groups excluding carboxylic acids is 1. The lowest BCUT2D eigenvalue weighted by atomic mass is 9.86. The van der Waals surface area contributed by atoms with Gasteiger partial charge in [-0.3, -0.25) is 4.99 Å². The van der Waals surface area contributed by atoms with Gasteiger partial charge < -0.3 is 14.5 Å². The van der Waals surface area contributed by atoms with E-state index in [9.17, 15) is 22.4 Å². The molecule has 2 atom stereocenters. The van der Waals surface area contributed by atoms with E-state index in [2.05, 4.69) is 9.98 Å². The largest absolute Gasteiger partial charge is 0.444 e. The number of alkyl halides is 3. The van der Waals surface area contributed by atoms with Gasteiger partial charge in [0.25, 0.3) is 0 Å². The summed E-state index contributed by atoms with van der Waals surface area (Å²) >= 11 is 0. The molecule has 10 heteroatoms. The highest BCUT2D eigenvalue weighted by Gasteiger charge is 2.46. The SMILES string of the molecule is CC1/C=C/N=C(N2CCN(C(=O)OC(C)(C)C)CC2)CC(=NCc2ccc(F)cc2)C1C(F)(F)F. The molecule has 2 aliphatic rings. The molecule has 0 N–H and O–H groups in total. The number of halogens is 4. The fraction of sp³-hybridized carbons (Fsp3) is 0.560. The summed E-state index contributed by atoms with van der Waals surface area (Å²) in [7, 11) is 0. The van der Waals surface area contributed by atoms with E-state index in [0.717, 1.165) is 0 Å². The monoisotopic (exact) mass is 496 g/mol. The lowest BCUT2D eigenvalue weighted by Crippen LogP contribution is -2.52. The fourth-order valence-electron chi connectivity index (χ4n) is 4.09. The summed E-state index contributed by atoms with van der Waals surface area (Å²) in [4.78, 5) is 24.6. The topological polar surface area (TPSA) is 57.5 Å². The van der Waals surface area contributed by atoms with Crippen LogP contribution >= 0.6 is 0 Å². The van der Waals surface area contributed by atoms with Gasteiger partial charge in [0.1, 0.15) is 17.3 Å². The van der Waals surface area contributed by atoms with Gasteiger partial charge in [-0.2, -0.15) is 13.2 Å². The summed E-state index contributed by atoms with van der Waals surface area (Å²) in [5.74, 6) is -2.53. The number of benzene rings is 1. The molecule has 1 amide bonds. The molecular formula is C25H32F4N4O2. The Morgan fingerprint density at radius 3 is 2.31 bits per heavy atom. The molecule has 1 aromatic carbocycles. The van der Waals surface area contributed by atoms with Crippen molar-refractivity contribution in [3.8, 4) is 0 Å². The number of amides is 1. The summed E-state index contributed by atoms with van der Waals surface area (Å²) < 4.78 is 60.9. The van der Waals surface area contributed by atoms with Crippen molar-refractivity contribution in [2.75, 3.05) is 26.2 Å². The number of piperazine rings is 1. The molecule has 3 rings (SSSR count). The van der Waals surface area contributed by atoms with Gasteiger partial charge in [-0.1, -0.05) is 25.1 Å². The minimum Gasteiger partial charge on any atom is -0.444 e. The van der Waals surface area contributed by atoms with Crippen molar-refractivity contribution in [2.45, 2.75) is 52.4 Å². The van der Waals surface area contributed by atoms with Gasteiger partial charge in [-0.25, -0.2) is 14.2 Å². The molecule has 0 aliphatic carbocycles. The van der Waals surface area contributed by atoms with Crippen LogP contribution in [0, 0.1) is 17.7 Å². The maximum absolute atomic E-state index is 14.1. The van der Waals surface area contributed by atoms with E-state index in [-0.39, 0.29) is 18.7 Å². The van der Waals surface area contributed by atoms with Crippen LogP contribution in [0.15, 0.2) is 46.5 Å². The third-order valence-electron chi connectivity index (χ3n) is 5.86. The molecule has 2 unspecified atom stereocenters. The van der Waals surface area contributed by atoms with Gasteiger partial charge in [0.05, 0.1) is 12.5 Å². The van der Waals surface area contributed by atoms with Gasteiger partial charge in [0.2, 0.25) is 0 Å². The first kappa shape index (κ1) is 26.7. The molecular weight excluding hydrogens is 464 g/mol. The maximum Gasteiger partial charge on any atom is 0.410 e. The van der Waals surface area contributed by atoms with Crippen LogP contribution in [0.2, 0.25) is 0 Å². The predicted octanol–water partition coefficient (Wildman–Crippen LogP) is 5.45. The zero-order valence-corrected chi connectivity index (χ0v) is 20.5. The molecule has 1 fully saturated rings. The van der Waals surface area contributed by atoms with E-state index in [4.69, 9.17) is 4.74 Å². The molecule has 0 saturated carbocycles. The second-order valence-electron chi connectivity index (χ2n) is 9.83. The van der Waals surface area contributed by atoms with E-state index in [1.54, 1.807) is 25.7 Å². The van der Waals surface area contributed by atoms with Crippen LogP contribution in [-0.2, 0) is 11.3 Å². The Labute approximate surface area is 203 Å². The minimum atomic E-state index is -4.48. The van der Waals surface area contributed by atoms with E-state index in [1.165, 1.54) is 43.5 Å². The third-order valence-corrected chi connectivity index (χ3v) is 5.86. The summed E-state index contributed by atoms with van der Waals surface area (Å²) in [6.45, 7) is 8.48. The molecule has 2 aliphatic heterocycles. The second kappa shape index (κ2) is 10.8. The highest BCUT2D eigenvalue weighted by Crippen LogP contribution is 2.36. The Balaban J connectivity index is 1.79. The van der Waals surface area contributed by atoms with E-state index < -0.39 is 35.5 Å². The first-order chi connectivity index (χ1) is 16.3. The number of nitrogens with zero attached hydrogens (tertiary/aromatic N) is 4. The Bertz CT molecular complexity index is 973. The predicted molar refractivity (Wildman–Crippen MR) is 127 cm³/mol. The van der Waals surface area contributed by atoms with E-state index in [1.807, 2.05) is 4.90 Å². The van der Waals surface area contributed by atoms with Gasteiger partial charge >= 0.3 is 12.3 Å². The Kier molecular flexibility index (Phi) is 8.22. The van der Waals surface area contributed by atoms with Crippen LogP contribution in [0.1, 0.15) is 39.7 Å². The molecule has 192 valence electrons. The van der Waals surface area contributed by atoms with Crippen molar-refractivity contribution in [3.05, 3.63) is 47.9 Å². The molecule has 0 aromatic heterocycles. The minimum absolute atomic E-state index is 0.00741. The summed E-state index contributed by atoms with van der Waals surface area (Å²) in [5, 5.41) is 0.